The zero-order valence-corrected chi connectivity index (χ0v) is 11.1. The van der Waals surface area contributed by atoms with Crippen molar-refractivity contribution in [2.45, 2.75) is 19.4 Å². The lowest BCUT2D eigenvalue weighted by Crippen LogP contribution is -2.05. The van der Waals surface area contributed by atoms with Crippen molar-refractivity contribution in [2.75, 3.05) is 6.61 Å². The van der Waals surface area contributed by atoms with Crippen molar-refractivity contribution in [1.82, 2.24) is 0 Å². The molecule has 4 heteroatoms. The first-order valence-electron chi connectivity index (χ1n) is 6.48. The van der Waals surface area contributed by atoms with Crippen LogP contribution >= 0.6 is 0 Å². The molecule has 2 aromatic carbocycles. The minimum absolute atomic E-state index is 0.288. The molecule has 0 aliphatic heterocycles. The van der Waals surface area contributed by atoms with Crippen molar-refractivity contribution >= 4 is 0 Å². The van der Waals surface area contributed by atoms with E-state index in [9.17, 15) is 13.9 Å². The third-order valence-electron chi connectivity index (χ3n) is 2.93. The lowest BCUT2D eigenvalue weighted by atomic mass is 10.0. The van der Waals surface area contributed by atoms with Crippen LogP contribution < -0.4 is 4.74 Å². The molecule has 0 spiro atoms. The van der Waals surface area contributed by atoms with E-state index in [4.69, 9.17) is 4.74 Å². The van der Waals surface area contributed by atoms with Crippen molar-refractivity contribution in [3.63, 3.8) is 0 Å². The van der Waals surface area contributed by atoms with E-state index < -0.39 is 17.7 Å². The van der Waals surface area contributed by atoms with Crippen molar-refractivity contribution in [3.8, 4) is 5.75 Å². The molecule has 2 rings (SSSR count). The van der Waals surface area contributed by atoms with E-state index in [0.717, 1.165) is 18.6 Å². The molecular formula is C16H16F2O2. The van der Waals surface area contributed by atoms with Crippen LogP contribution in [0, 0.1) is 11.6 Å². The van der Waals surface area contributed by atoms with Gasteiger partial charge in [-0.15, -0.1) is 0 Å². The Balaban J connectivity index is 2.32. The van der Waals surface area contributed by atoms with E-state index in [1.807, 2.05) is 6.92 Å². The van der Waals surface area contributed by atoms with Gasteiger partial charge in [0.05, 0.1) is 6.61 Å². The van der Waals surface area contributed by atoms with E-state index in [-0.39, 0.29) is 5.56 Å². The molecule has 0 bridgehead atoms. The molecule has 1 N–H and O–H groups in total. The molecule has 0 saturated carbocycles. The molecule has 0 aliphatic carbocycles. The van der Waals surface area contributed by atoms with E-state index in [2.05, 4.69) is 0 Å². The van der Waals surface area contributed by atoms with Crippen LogP contribution in [0.15, 0.2) is 42.5 Å². The van der Waals surface area contributed by atoms with Gasteiger partial charge in [0.2, 0.25) is 0 Å². The summed E-state index contributed by atoms with van der Waals surface area (Å²) in [5, 5.41) is 10.3. The Kier molecular flexibility index (Phi) is 4.69. The molecule has 2 aromatic rings. The fourth-order valence-electron chi connectivity index (χ4n) is 1.91. The standard InChI is InChI=1S/C16H16F2O2/c1-2-9-20-15-6-4-3-5-12(15)16(19)11-7-8-13(17)14(18)10-11/h3-8,10,16,19H,2,9H2,1H3. The van der Waals surface area contributed by atoms with Crippen LogP contribution in [0.5, 0.6) is 5.75 Å². The topological polar surface area (TPSA) is 29.5 Å². The monoisotopic (exact) mass is 278 g/mol. The van der Waals surface area contributed by atoms with E-state index in [1.54, 1.807) is 24.3 Å². The van der Waals surface area contributed by atoms with Crippen LogP contribution in [0.25, 0.3) is 0 Å². The number of aliphatic hydroxyl groups is 1. The number of halogens is 2. The smallest absolute Gasteiger partial charge is 0.159 e. The van der Waals surface area contributed by atoms with Gasteiger partial charge in [-0.2, -0.15) is 0 Å². The summed E-state index contributed by atoms with van der Waals surface area (Å²) >= 11 is 0. The lowest BCUT2D eigenvalue weighted by Gasteiger charge is -2.16. The second-order valence-corrected chi connectivity index (χ2v) is 4.46. The average molecular weight is 278 g/mol. The van der Waals surface area contributed by atoms with E-state index >= 15 is 0 Å². The van der Waals surface area contributed by atoms with Crippen LogP contribution in [0.1, 0.15) is 30.6 Å². The molecule has 0 fully saturated rings. The first-order valence-corrected chi connectivity index (χ1v) is 6.48. The van der Waals surface area contributed by atoms with Crippen molar-refractivity contribution in [3.05, 3.63) is 65.2 Å². The highest BCUT2D eigenvalue weighted by atomic mass is 19.2. The summed E-state index contributed by atoms with van der Waals surface area (Å²) in [5.74, 6) is -1.36. The maximum absolute atomic E-state index is 13.2. The summed E-state index contributed by atoms with van der Waals surface area (Å²) < 4.78 is 31.7. The minimum atomic E-state index is -1.06. The zero-order valence-electron chi connectivity index (χ0n) is 11.1. The maximum atomic E-state index is 13.2. The Morgan fingerprint density at radius 2 is 1.85 bits per heavy atom. The Labute approximate surface area is 116 Å². The van der Waals surface area contributed by atoms with Crippen LogP contribution in [0.2, 0.25) is 0 Å². The van der Waals surface area contributed by atoms with Gasteiger partial charge in [0, 0.05) is 5.56 Å². The zero-order chi connectivity index (χ0) is 14.5. The van der Waals surface area contributed by atoms with Crippen LogP contribution in [-0.4, -0.2) is 11.7 Å². The van der Waals surface area contributed by atoms with Gasteiger partial charge < -0.3 is 9.84 Å². The van der Waals surface area contributed by atoms with Gasteiger partial charge >= 0.3 is 0 Å². The summed E-state index contributed by atoms with van der Waals surface area (Å²) in [6.45, 7) is 2.51. The number of benzene rings is 2. The number of ether oxygens (including phenoxy) is 1. The highest BCUT2D eigenvalue weighted by molar-refractivity contribution is 5.40. The Hall–Kier alpha value is -1.94. The van der Waals surface area contributed by atoms with Crippen molar-refractivity contribution in [1.29, 1.82) is 0 Å². The molecule has 106 valence electrons. The highest BCUT2D eigenvalue weighted by Crippen LogP contribution is 2.30. The molecule has 0 radical (unpaired) electrons. The molecule has 0 aromatic heterocycles. The second kappa shape index (κ2) is 6.48. The lowest BCUT2D eigenvalue weighted by molar-refractivity contribution is 0.210. The first-order chi connectivity index (χ1) is 9.63. The summed E-state index contributed by atoms with van der Waals surface area (Å²) in [4.78, 5) is 0. The quantitative estimate of drug-likeness (QED) is 0.900. The van der Waals surface area contributed by atoms with Crippen LogP contribution in [0.4, 0.5) is 8.78 Å². The summed E-state index contributed by atoms with van der Waals surface area (Å²) in [6.07, 6.45) is -0.214. The largest absolute Gasteiger partial charge is 0.493 e. The van der Waals surface area contributed by atoms with Gasteiger partial charge in [-0.05, 0) is 30.2 Å². The number of para-hydroxylation sites is 1. The maximum Gasteiger partial charge on any atom is 0.159 e. The molecular weight excluding hydrogens is 262 g/mol. The summed E-state index contributed by atoms with van der Waals surface area (Å²) in [5.41, 5.74) is 0.823. The first kappa shape index (κ1) is 14.5. The molecule has 2 nitrogen and oxygen atoms in total. The summed E-state index contributed by atoms with van der Waals surface area (Å²) in [6, 6.07) is 10.4. The molecule has 0 aliphatic rings. The van der Waals surface area contributed by atoms with E-state index in [0.29, 0.717) is 17.9 Å². The van der Waals surface area contributed by atoms with Crippen molar-refractivity contribution < 1.29 is 18.6 Å². The Morgan fingerprint density at radius 3 is 2.55 bits per heavy atom. The van der Waals surface area contributed by atoms with Gasteiger partial charge in [-0.25, -0.2) is 8.78 Å². The number of hydrogen-bond donors (Lipinski definition) is 1. The molecule has 0 heterocycles. The van der Waals surface area contributed by atoms with Crippen LogP contribution in [-0.2, 0) is 0 Å². The van der Waals surface area contributed by atoms with Crippen molar-refractivity contribution in [2.24, 2.45) is 0 Å². The van der Waals surface area contributed by atoms with Gasteiger partial charge in [0.15, 0.2) is 11.6 Å². The van der Waals surface area contributed by atoms with Gasteiger partial charge in [-0.3, -0.25) is 0 Å². The van der Waals surface area contributed by atoms with Gasteiger partial charge in [0.1, 0.15) is 11.9 Å². The third-order valence-corrected chi connectivity index (χ3v) is 2.93. The predicted molar refractivity (Wildman–Crippen MR) is 72.6 cm³/mol. The number of rotatable bonds is 5. The predicted octanol–water partition coefficient (Wildman–Crippen LogP) is 3.84. The molecule has 0 amide bonds. The molecule has 1 unspecified atom stereocenters. The molecule has 0 saturated heterocycles. The SMILES string of the molecule is CCCOc1ccccc1C(O)c1ccc(F)c(F)c1. The van der Waals surface area contributed by atoms with Gasteiger partial charge in [0.25, 0.3) is 0 Å². The summed E-state index contributed by atoms with van der Waals surface area (Å²) in [7, 11) is 0. The molecule has 20 heavy (non-hydrogen) atoms. The third kappa shape index (κ3) is 3.14. The molecule has 1 atom stereocenters. The Morgan fingerprint density at radius 1 is 1.10 bits per heavy atom. The minimum Gasteiger partial charge on any atom is -0.493 e. The average Bonchev–Trinajstić information content (AvgIpc) is 2.47. The fraction of sp³-hybridized carbons (Fsp3) is 0.250. The van der Waals surface area contributed by atoms with E-state index in [1.165, 1.54) is 6.07 Å². The van der Waals surface area contributed by atoms with Crippen LogP contribution in [0.3, 0.4) is 0 Å². The number of hydrogen-bond acceptors (Lipinski definition) is 2. The normalized spacial score (nSPS) is 12.2. The highest BCUT2D eigenvalue weighted by Gasteiger charge is 2.16. The Bertz CT molecular complexity index is 584. The second-order valence-electron chi connectivity index (χ2n) is 4.46. The fourth-order valence-corrected chi connectivity index (χ4v) is 1.91. The van der Waals surface area contributed by atoms with Gasteiger partial charge in [-0.1, -0.05) is 31.2 Å². The number of aliphatic hydroxyl groups excluding tert-OH is 1.